The molecule has 108 valence electrons. The van der Waals surface area contributed by atoms with Gasteiger partial charge in [-0.2, -0.15) is 0 Å². The minimum atomic E-state index is -0.689. The van der Waals surface area contributed by atoms with Gasteiger partial charge in [0.15, 0.2) is 5.82 Å². The van der Waals surface area contributed by atoms with E-state index in [0.29, 0.717) is 37.7 Å². The summed E-state index contributed by atoms with van der Waals surface area (Å²) in [6, 6.07) is 2.07. The van der Waals surface area contributed by atoms with Gasteiger partial charge in [-0.15, -0.1) is 11.6 Å². The van der Waals surface area contributed by atoms with Gasteiger partial charge in [0, 0.05) is 6.07 Å². The lowest BCUT2D eigenvalue weighted by Crippen LogP contribution is -2.32. The van der Waals surface area contributed by atoms with Crippen molar-refractivity contribution in [2.75, 3.05) is 19.8 Å². The van der Waals surface area contributed by atoms with E-state index < -0.39 is 11.6 Å². The molecule has 1 aromatic heterocycles. The summed E-state index contributed by atoms with van der Waals surface area (Å²) >= 11 is 5.84. The molecule has 1 unspecified atom stereocenters. The fourth-order valence-corrected chi connectivity index (χ4v) is 2.55. The van der Waals surface area contributed by atoms with Gasteiger partial charge >= 0.3 is 0 Å². The van der Waals surface area contributed by atoms with Crippen LogP contribution in [0.5, 0.6) is 0 Å². The van der Waals surface area contributed by atoms with Crippen molar-refractivity contribution in [2.45, 2.75) is 18.5 Å². The van der Waals surface area contributed by atoms with E-state index in [1.807, 2.05) is 0 Å². The van der Waals surface area contributed by atoms with E-state index in [1.54, 1.807) is 4.57 Å². The molecule has 1 aliphatic rings. The number of nitrogens with zero attached hydrogens (tertiary/aromatic N) is 2. The number of hydrogen-bond donors (Lipinski definition) is 0. The van der Waals surface area contributed by atoms with Gasteiger partial charge in [0.1, 0.15) is 17.2 Å². The predicted molar refractivity (Wildman–Crippen MR) is 69.8 cm³/mol. The standard InChI is InChI=1S/C13H13ClF2N2O2/c14-5-12-17-13-10(16)3-8(15)4-11(13)18(12)6-9-7-19-1-2-20-9/h3-4,9H,1-2,5-7H2. The van der Waals surface area contributed by atoms with Crippen LogP contribution in [0.3, 0.4) is 0 Å². The number of aromatic nitrogens is 2. The normalized spacial score (nSPS) is 19.6. The van der Waals surface area contributed by atoms with Crippen LogP contribution in [-0.4, -0.2) is 35.5 Å². The Bertz CT molecular complexity index is 626. The fourth-order valence-electron chi connectivity index (χ4n) is 2.35. The minimum absolute atomic E-state index is 0.114. The molecule has 0 N–H and O–H groups in total. The van der Waals surface area contributed by atoms with Crippen LogP contribution in [0.4, 0.5) is 8.78 Å². The van der Waals surface area contributed by atoms with Crippen molar-refractivity contribution in [1.82, 2.24) is 9.55 Å². The van der Waals surface area contributed by atoms with Gasteiger partial charge in [-0.25, -0.2) is 13.8 Å². The Hall–Kier alpha value is -1.24. The molecule has 1 atom stereocenters. The Balaban J connectivity index is 2.02. The highest BCUT2D eigenvalue weighted by atomic mass is 35.5. The Morgan fingerprint density at radius 3 is 2.90 bits per heavy atom. The van der Waals surface area contributed by atoms with Crippen molar-refractivity contribution in [3.05, 3.63) is 29.6 Å². The first-order valence-electron chi connectivity index (χ1n) is 6.28. The molecule has 0 aliphatic carbocycles. The molecule has 2 aromatic rings. The number of halogens is 3. The van der Waals surface area contributed by atoms with Crippen molar-refractivity contribution in [1.29, 1.82) is 0 Å². The average Bonchev–Trinajstić information content (AvgIpc) is 2.78. The molecule has 4 nitrogen and oxygen atoms in total. The average molecular weight is 303 g/mol. The second-order valence-electron chi connectivity index (χ2n) is 4.60. The highest BCUT2D eigenvalue weighted by Gasteiger charge is 2.20. The number of fused-ring (bicyclic) bond motifs is 1. The van der Waals surface area contributed by atoms with E-state index in [-0.39, 0.29) is 17.5 Å². The zero-order valence-corrected chi connectivity index (χ0v) is 11.4. The van der Waals surface area contributed by atoms with Crippen LogP contribution in [0.25, 0.3) is 11.0 Å². The lowest BCUT2D eigenvalue weighted by atomic mass is 10.2. The molecule has 1 aliphatic heterocycles. The summed E-state index contributed by atoms with van der Waals surface area (Å²) in [5.74, 6) is -0.729. The summed E-state index contributed by atoms with van der Waals surface area (Å²) in [4.78, 5) is 4.13. The first-order chi connectivity index (χ1) is 9.69. The van der Waals surface area contributed by atoms with Crippen LogP contribution in [0, 0.1) is 11.6 Å². The number of ether oxygens (including phenoxy) is 2. The van der Waals surface area contributed by atoms with Crippen molar-refractivity contribution >= 4 is 22.6 Å². The number of benzene rings is 1. The maximum atomic E-state index is 13.7. The third-order valence-electron chi connectivity index (χ3n) is 3.24. The van der Waals surface area contributed by atoms with E-state index in [4.69, 9.17) is 21.1 Å². The molecular weight excluding hydrogens is 290 g/mol. The fraction of sp³-hybridized carbons (Fsp3) is 0.462. The molecule has 1 saturated heterocycles. The van der Waals surface area contributed by atoms with Crippen LogP contribution >= 0.6 is 11.6 Å². The summed E-state index contributed by atoms with van der Waals surface area (Å²) < 4.78 is 39.7. The van der Waals surface area contributed by atoms with E-state index >= 15 is 0 Å². The molecule has 0 radical (unpaired) electrons. The van der Waals surface area contributed by atoms with Gasteiger partial charge in [0.2, 0.25) is 0 Å². The number of alkyl halides is 1. The van der Waals surface area contributed by atoms with Crippen LogP contribution in [0.1, 0.15) is 5.82 Å². The smallest absolute Gasteiger partial charge is 0.153 e. The van der Waals surface area contributed by atoms with Crippen molar-refractivity contribution < 1.29 is 18.3 Å². The topological polar surface area (TPSA) is 36.3 Å². The number of hydrogen-bond acceptors (Lipinski definition) is 3. The SMILES string of the molecule is Fc1cc(F)c2nc(CCl)n(CC3COCCO3)c2c1. The molecule has 2 heterocycles. The maximum absolute atomic E-state index is 13.7. The van der Waals surface area contributed by atoms with Crippen molar-refractivity contribution in [3.8, 4) is 0 Å². The summed E-state index contributed by atoms with van der Waals surface area (Å²) in [7, 11) is 0. The van der Waals surface area contributed by atoms with Gasteiger partial charge in [-0.05, 0) is 6.07 Å². The molecule has 20 heavy (non-hydrogen) atoms. The molecule has 7 heteroatoms. The molecule has 3 rings (SSSR count). The zero-order valence-electron chi connectivity index (χ0n) is 10.6. The van der Waals surface area contributed by atoms with Gasteiger partial charge in [-0.3, -0.25) is 0 Å². The molecule has 0 saturated carbocycles. The van der Waals surface area contributed by atoms with Crippen LogP contribution < -0.4 is 0 Å². The second kappa shape index (κ2) is 5.63. The Labute approximate surface area is 119 Å². The Kier molecular flexibility index (Phi) is 3.87. The zero-order chi connectivity index (χ0) is 14.1. The monoisotopic (exact) mass is 302 g/mol. The predicted octanol–water partition coefficient (Wildman–Crippen LogP) is 2.47. The first kappa shape index (κ1) is 13.7. The molecular formula is C13H13ClF2N2O2. The molecule has 1 aromatic carbocycles. The quantitative estimate of drug-likeness (QED) is 0.817. The highest BCUT2D eigenvalue weighted by molar-refractivity contribution is 6.16. The van der Waals surface area contributed by atoms with Crippen molar-refractivity contribution in [3.63, 3.8) is 0 Å². The summed E-state index contributed by atoms with van der Waals surface area (Å²) in [6.07, 6.45) is -0.172. The van der Waals surface area contributed by atoms with Crippen LogP contribution in [0.2, 0.25) is 0 Å². The number of rotatable bonds is 3. The summed E-state index contributed by atoms with van der Waals surface area (Å²) in [5.41, 5.74) is 0.506. The largest absolute Gasteiger partial charge is 0.376 e. The van der Waals surface area contributed by atoms with E-state index in [2.05, 4.69) is 4.98 Å². The molecule has 0 bridgehead atoms. The maximum Gasteiger partial charge on any atom is 0.153 e. The third-order valence-corrected chi connectivity index (χ3v) is 3.48. The van der Waals surface area contributed by atoms with E-state index in [9.17, 15) is 8.78 Å². The summed E-state index contributed by atoms with van der Waals surface area (Å²) in [6.45, 7) is 1.92. The van der Waals surface area contributed by atoms with Gasteiger partial charge < -0.3 is 14.0 Å². The van der Waals surface area contributed by atoms with Crippen LogP contribution in [0.15, 0.2) is 12.1 Å². The lowest BCUT2D eigenvalue weighted by Gasteiger charge is -2.24. The second-order valence-corrected chi connectivity index (χ2v) is 4.86. The van der Waals surface area contributed by atoms with Gasteiger partial charge in [0.05, 0.1) is 43.9 Å². The van der Waals surface area contributed by atoms with Gasteiger partial charge in [0.25, 0.3) is 0 Å². The van der Waals surface area contributed by atoms with Gasteiger partial charge in [-0.1, -0.05) is 0 Å². The van der Waals surface area contributed by atoms with Crippen LogP contribution in [-0.2, 0) is 21.9 Å². The Morgan fingerprint density at radius 2 is 2.20 bits per heavy atom. The highest BCUT2D eigenvalue weighted by Crippen LogP contribution is 2.23. The summed E-state index contributed by atoms with van der Waals surface area (Å²) in [5, 5.41) is 0. The van der Waals surface area contributed by atoms with E-state index in [0.717, 1.165) is 6.07 Å². The van der Waals surface area contributed by atoms with Crippen molar-refractivity contribution in [2.24, 2.45) is 0 Å². The molecule has 1 fully saturated rings. The third kappa shape index (κ3) is 2.51. The molecule has 0 spiro atoms. The minimum Gasteiger partial charge on any atom is -0.376 e. The molecule has 0 amide bonds. The first-order valence-corrected chi connectivity index (χ1v) is 6.82. The number of imidazole rings is 1. The van der Waals surface area contributed by atoms with E-state index in [1.165, 1.54) is 6.07 Å². The lowest BCUT2D eigenvalue weighted by molar-refractivity contribution is -0.0934. The Morgan fingerprint density at radius 1 is 1.35 bits per heavy atom.